The quantitative estimate of drug-likeness (QED) is 0.733. The van der Waals surface area contributed by atoms with Crippen molar-refractivity contribution in [3.05, 3.63) is 70.5 Å². The van der Waals surface area contributed by atoms with Crippen molar-refractivity contribution < 1.29 is 14.0 Å². The van der Waals surface area contributed by atoms with Gasteiger partial charge in [-0.3, -0.25) is 9.59 Å². The molecule has 3 rings (SSSR count). The van der Waals surface area contributed by atoms with Crippen molar-refractivity contribution in [1.82, 2.24) is 10.2 Å². The van der Waals surface area contributed by atoms with Gasteiger partial charge in [-0.1, -0.05) is 54.8 Å². The molecular formula is C25H31FN2O2. The number of benzene rings is 2. The molecule has 1 unspecified atom stereocenters. The summed E-state index contributed by atoms with van der Waals surface area (Å²) in [6.45, 7) is 5.75. The molecule has 160 valence electrons. The van der Waals surface area contributed by atoms with Crippen LogP contribution >= 0.6 is 0 Å². The zero-order valence-corrected chi connectivity index (χ0v) is 18.1. The van der Waals surface area contributed by atoms with Gasteiger partial charge in [0.05, 0.1) is 6.42 Å². The number of rotatable bonds is 7. The summed E-state index contributed by atoms with van der Waals surface area (Å²) in [5.41, 5.74) is 3.45. The Morgan fingerprint density at radius 1 is 1.10 bits per heavy atom. The topological polar surface area (TPSA) is 49.4 Å². The molecule has 5 heteroatoms. The van der Waals surface area contributed by atoms with Crippen molar-refractivity contribution in [3.8, 4) is 0 Å². The number of halogens is 1. The van der Waals surface area contributed by atoms with Crippen LogP contribution in [0.3, 0.4) is 0 Å². The summed E-state index contributed by atoms with van der Waals surface area (Å²) in [5.74, 6) is -0.723. The van der Waals surface area contributed by atoms with Gasteiger partial charge in [0.2, 0.25) is 11.8 Å². The summed E-state index contributed by atoms with van der Waals surface area (Å²) in [6, 6.07) is 11.9. The molecule has 0 radical (unpaired) electrons. The van der Waals surface area contributed by atoms with Gasteiger partial charge in [0, 0.05) is 18.2 Å². The van der Waals surface area contributed by atoms with Crippen LogP contribution in [-0.2, 0) is 22.6 Å². The summed E-state index contributed by atoms with van der Waals surface area (Å²) in [5, 5.41) is 3.07. The van der Waals surface area contributed by atoms with Gasteiger partial charge >= 0.3 is 0 Å². The molecule has 0 bridgehead atoms. The molecule has 4 nitrogen and oxygen atoms in total. The summed E-state index contributed by atoms with van der Waals surface area (Å²) >= 11 is 0. The van der Waals surface area contributed by atoms with E-state index in [1.165, 1.54) is 11.0 Å². The van der Waals surface area contributed by atoms with Crippen LogP contribution in [0, 0.1) is 19.7 Å². The highest BCUT2D eigenvalue weighted by Gasteiger charge is 2.29. The number of nitrogens with zero attached hydrogens (tertiary/aromatic N) is 1. The van der Waals surface area contributed by atoms with Gasteiger partial charge < -0.3 is 10.2 Å². The fourth-order valence-corrected chi connectivity index (χ4v) is 4.04. The highest BCUT2D eigenvalue weighted by molar-refractivity contribution is 5.88. The molecule has 1 aliphatic rings. The third kappa shape index (κ3) is 5.47. The van der Waals surface area contributed by atoms with Crippen LogP contribution in [0.4, 0.5) is 4.39 Å². The highest BCUT2D eigenvalue weighted by Crippen LogP contribution is 2.20. The van der Waals surface area contributed by atoms with Gasteiger partial charge in [-0.2, -0.15) is 0 Å². The van der Waals surface area contributed by atoms with Crippen LogP contribution in [0.25, 0.3) is 0 Å². The fourth-order valence-electron chi connectivity index (χ4n) is 4.04. The number of nitrogens with one attached hydrogen (secondary N) is 1. The van der Waals surface area contributed by atoms with Crippen molar-refractivity contribution in [3.63, 3.8) is 0 Å². The molecule has 2 aromatic rings. The maximum absolute atomic E-state index is 14.3. The van der Waals surface area contributed by atoms with Crippen LogP contribution in [0.15, 0.2) is 42.5 Å². The van der Waals surface area contributed by atoms with E-state index in [9.17, 15) is 14.0 Å². The van der Waals surface area contributed by atoms with E-state index in [0.29, 0.717) is 5.56 Å². The Morgan fingerprint density at radius 2 is 1.80 bits per heavy atom. The molecule has 0 heterocycles. The second-order valence-corrected chi connectivity index (χ2v) is 8.39. The minimum absolute atomic E-state index is 0.0651. The average Bonchev–Trinajstić information content (AvgIpc) is 3.22. The Bertz CT molecular complexity index is 906. The molecule has 30 heavy (non-hydrogen) atoms. The fraction of sp³-hybridized carbons (Fsp3) is 0.440. The first kappa shape index (κ1) is 22.0. The SMILES string of the molecule is Cc1ccc(C)c(CC(=O)N(Cc2ccccc2F)C(C)C(=O)NC2CCCC2)c1. The Balaban J connectivity index is 1.82. The van der Waals surface area contributed by atoms with Crippen LogP contribution in [-0.4, -0.2) is 28.8 Å². The van der Waals surface area contributed by atoms with Crippen molar-refractivity contribution in [2.24, 2.45) is 0 Å². The van der Waals surface area contributed by atoms with Gasteiger partial charge in [0.15, 0.2) is 0 Å². The normalized spacial score (nSPS) is 15.1. The molecule has 1 N–H and O–H groups in total. The van der Waals surface area contributed by atoms with Crippen molar-refractivity contribution >= 4 is 11.8 Å². The summed E-state index contributed by atoms with van der Waals surface area (Å²) in [6.07, 6.45) is 4.36. The van der Waals surface area contributed by atoms with Crippen LogP contribution in [0.5, 0.6) is 0 Å². The molecule has 0 saturated heterocycles. The van der Waals surface area contributed by atoms with E-state index in [2.05, 4.69) is 5.32 Å². The second-order valence-electron chi connectivity index (χ2n) is 8.39. The Kier molecular flexibility index (Phi) is 7.24. The largest absolute Gasteiger partial charge is 0.352 e. The minimum atomic E-state index is -0.678. The van der Waals surface area contributed by atoms with Gasteiger partial charge in [-0.15, -0.1) is 0 Å². The molecule has 0 spiro atoms. The van der Waals surface area contributed by atoms with Crippen LogP contribution in [0.2, 0.25) is 0 Å². The molecule has 1 aliphatic carbocycles. The first-order valence-electron chi connectivity index (χ1n) is 10.7. The maximum atomic E-state index is 14.3. The Morgan fingerprint density at radius 3 is 2.50 bits per heavy atom. The molecule has 0 aliphatic heterocycles. The third-order valence-corrected chi connectivity index (χ3v) is 6.01. The lowest BCUT2D eigenvalue weighted by molar-refractivity contribution is -0.140. The average molecular weight is 411 g/mol. The molecule has 1 saturated carbocycles. The van der Waals surface area contributed by atoms with E-state index in [4.69, 9.17) is 0 Å². The number of carbonyl (C=O) groups is 2. The first-order chi connectivity index (χ1) is 14.3. The van der Waals surface area contributed by atoms with E-state index in [-0.39, 0.29) is 36.6 Å². The molecule has 2 aromatic carbocycles. The number of amides is 2. The van der Waals surface area contributed by atoms with E-state index in [1.807, 2.05) is 32.0 Å². The zero-order chi connectivity index (χ0) is 21.7. The lowest BCUT2D eigenvalue weighted by Crippen LogP contribution is -2.50. The Hall–Kier alpha value is -2.69. The number of aryl methyl sites for hydroxylation is 2. The lowest BCUT2D eigenvalue weighted by atomic mass is 10.0. The van der Waals surface area contributed by atoms with E-state index >= 15 is 0 Å². The first-order valence-corrected chi connectivity index (χ1v) is 10.7. The van der Waals surface area contributed by atoms with Gasteiger partial charge in [-0.05, 0) is 50.8 Å². The smallest absolute Gasteiger partial charge is 0.242 e. The maximum Gasteiger partial charge on any atom is 0.242 e. The van der Waals surface area contributed by atoms with E-state index < -0.39 is 6.04 Å². The lowest BCUT2D eigenvalue weighted by Gasteiger charge is -2.30. The van der Waals surface area contributed by atoms with Crippen LogP contribution in [0.1, 0.15) is 54.9 Å². The monoisotopic (exact) mass is 410 g/mol. The number of carbonyl (C=O) groups excluding carboxylic acids is 2. The number of hydrogen-bond acceptors (Lipinski definition) is 2. The third-order valence-electron chi connectivity index (χ3n) is 6.01. The predicted octanol–water partition coefficient (Wildman–Crippen LogP) is 4.46. The van der Waals surface area contributed by atoms with Gasteiger partial charge in [0.1, 0.15) is 11.9 Å². The molecular weight excluding hydrogens is 379 g/mol. The molecule has 2 amide bonds. The van der Waals surface area contributed by atoms with Crippen LogP contribution < -0.4 is 5.32 Å². The van der Waals surface area contributed by atoms with E-state index in [1.54, 1.807) is 25.1 Å². The van der Waals surface area contributed by atoms with Crippen molar-refractivity contribution in [2.75, 3.05) is 0 Å². The van der Waals surface area contributed by atoms with Crippen molar-refractivity contribution in [2.45, 2.75) is 71.5 Å². The van der Waals surface area contributed by atoms with Crippen molar-refractivity contribution in [1.29, 1.82) is 0 Å². The molecule has 1 atom stereocenters. The standard InChI is InChI=1S/C25H31FN2O2/c1-17-12-13-18(2)21(14-17)15-24(29)28(16-20-8-4-7-11-23(20)26)19(3)25(30)27-22-9-5-6-10-22/h4,7-8,11-14,19,22H,5-6,9-10,15-16H2,1-3H3,(H,27,30). The number of hydrogen-bond donors (Lipinski definition) is 1. The molecule has 1 fully saturated rings. The predicted molar refractivity (Wildman–Crippen MR) is 116 cm³/mol. The highest BCUT2D eigenvalue weighted by atomic mass is 19.1. The minimum Gasteiger partial charge on any atom is -0.352 e. The van der Waals surface area contributed by atoms with Gasteiger partial charge in [-0.25, -0.2) is 4.39 Å². The Labute approximate surface area is 178 Å². The summed E-state index contributed by atoms with van der Waals surface area (Å²) in [7, 11) is 0. The zero-order valence-electron chi connectivity index (χ0n) is 18.1. The second kappa shape index (κ2) is 9.88. The van der Waals surface area contributed by atoms with Gasteiger partial charge in [0.25, 0.3) is 0 Å². The molecule has 0 aromatic heterocycles. The van der Waals surface area contributed by atoms with E-state index in [0.717, 1.165) is 42.4 Å². The summed E-state index contributed by atoms with van der Waals surface area (Å²) in [4.78, 5) is 27.7. The summed E-state index contributed by atoms with van der Waals surface area (Å²) < 4.78 is 14.3.